The molecule has 0 aliphatic heterocycles. The van der Waals surface area contributed by atoms with E-state index in [4.69, 9.17) is 4.84 Å². The van der Waals surface area contributed by atoms with E-state index in [0.29, 0.717) is 6.42 Å². The van der Waals surface area contributed by atoms with Crippen LogP contribution in [-0.4, -0.2) is 12.4 Å². The maximum absolute atomic E-state index is 13.2. The standard InChI is InChI=1S/C12H15F2NO2/c1-3-9(8(2)16)7-17-15-12-10(13)5-4-6-11(12)14/h4-6,9,15H,3,7H2,1-2H3. The summed E-state index contributed by atoms with van der Waals surface area (Å²) in [6.07, 6.45) is 0.622. The lowest BCUT2D eigenvalue weighted by atomic mass is 10.0. The van der Waals surface area contributed by atoms with Gasteiger partial charge >= 0.3 is 0 Å². The number of rotatable bonds is 6. The SMILES string of the molecule is CCC(CONc1c(F)cccc1F)C(C)=O. The van der Waals surface area contributed by atoms with Gasteiger partial charge in [-0.2, -0.15) is 0 Å². The normalized spacial score (nSPS) is 12.2. The second-order valence-electron chi connectivity index (χ2n) is 3.73. The molecule has 94 valence electrons. The Morgan fingerprint density at radius 2 is 2.00 bits per heavy atom. The molecule has 0 aliphatic carbocycles. The van der Waals surface area contributed by atoms with Crippen molar-refractivity contribution < 1.29 is 18.4 Å². The minimum absolute atomic E-state index is 0.0108. The summed E-state index contributed by atoms with van der Waals surface area (Å²) < 4.78 is 26.3. The van der Waals surface area contributed by atoms with Crippen LogP contribution in [0.2, 0.25) is 0 Å². The van der Waals surface area contributed by atoms with Crippen LogP contribution in [0.4, 0.5) is 14.5 Å². The van der Waals surface area contributed by atoms with Gasteiger partial charge in [-0.05, 0) is 25.5 Å². The van der Waals surface area contributed by atoms with Gasteiger partial charge in [0, 0.05) is 5.92 Å². The molecular formula is C12H15F2NO2. The molecule has 0 aromatic heterocycles. The Kier molecular flexibility index (Phi) is 5.03. The summed E-state index contributed by atoms with van der Waals surface area (Å²) in [7, 11) is 0. The smallest absolute Gasteiger partial charge is 0.151 e. The molecule has 0 fully saturated rings. The predicted octanol–water partition coefficient (Wildman–Crippen LogP) is 2.92. The molecule has 1 N–H and O–H groups in total. The number of carbonyl (C=O) groups excluding carboxylic acids is 1. The fourth-order valence-corrected chi connectivity index (χ4v) is 1.33. The van der Waals surface area contributed by atoms with Crippen LogP contribution in [0, 0.1) is 17.6 Å². The first-order valence-corrected chi connectivity index (χ1v) is 5.38. The number of anilines is 1. The highest BCUT2D eigenvalue weighted by molar-refractivity contribution is 5.78. The number of ketones is 1. The third kappa shape index (κ3) is 3.78. The molecule has 0 bridgehead atoms. The molecule has 3 nitrogen and oxygen atoms in total. The summed E-state index contributed by atoms with van der Waals surface area (Å²) in [6, 6.07) is 3.51. The van der Waals surface area contributed by atoms with Gasteiger partial charge in [-0.25, -0.2) is 8.78 Å². The van der Waals surface area contributed by atoms with Crippen molar-refractivity contribution in [3.05, 3.63) is 29.8 Å². The molecule has 1 rings (SSSR count). The zero-order valence-electron chi connectivity index (χ0n) is 9.80. The summed E-state index contributed by atoms with van der Waals surface area (Å²) >= 11 is 0. The highest BCUT2D eigenvalue weighted by Gasteiger charge is 2.13. The van der Waals surface area contributed by atoms with Crippen molar-refractivity contribution in [1.82, 2.24) is 0 Å². The molecule has 0 amide bonds. The van der Waals surface area contributed by atoms with Crippen molar-refractivity contribution in [2.24, 2.45) is 5.92 Å². The minimum atomic E-state index is -0.735. The summed E-state index contributed by atoms with van der Waals surface area (Å²) in [4.78, 5) is 16.0. The number of nitrogens with one attached hydrogen (secondary N) is 1. The lowest BCUT2D eigenvalue weighted by Crippen LogP contribution is -2.19. The van der Waals surface area contributed by atoms with Gasteiger partial charge in [0.1, 0.15) is 11.5 Å². The van der Waals surface area contributed by atoms with Gasteiger partial charge in [-0.1, -0.05) is 13.0 Å². The number of Topliss-reactive ketones (excluding diaryl/α,β-unsaturated/α-hetero) is 1. The van der Waals surface area contributed by atoms with Crippen molar-refractivity contribution in [3.63, 3.8) is 0 Å². The van der Waals surface area contributed by atoms with Crippen LogP contribution in [0.3, 0.4) is 0 Å². The monoisotopic (exact) mass is 243 g/mol. The quantitative estimate of drug-likeness (QED) is 0.781. The number of para-hydroxylation sites is 1. The fraction of sp³-hybridized carbons (Fsp3) is 0.417. The highest BCUT2D eigenvalue weighted by Crippen LogP contribution is 2.18. The molecule has 0 radical (unpaired) electrons. The van der Waals surface area contributed by atoms with E-state index >= 15 is 0 Å². The van der Waals surface area contributed by atoms with Gasteiger partial charge in [-0.3, -0.25) is 15.1 Å². The van der Waals surface area contributed by atoms with Crippen LogP contribution >= 0.6 is 0 Å². The Morgan fingerprint density at radius 3 is 2.47 bits per heavy atom. The molecule has 0 heterocycles. The fourth-order valence-electron chi connectivity index (χ4n) is 1.33. The van der Waals surface area contributed by atoms with E-state index in [1.807, 2.05) is 6.92 Å². The van der Waals surface area contributed by atoms with E-state index in [1.54, 1.807) is 0 Å². The Morgan fingerprint density at radius 1 is 1.41 bits per heavy atom. The second kappa shape index (κ2) is 6.30. The molecule has 1 aromatic rings. The van der Waals surface area contributed by atoms with Gasteiger partial charge in [0.25, 0.3) is 0 Å². The van der Waals surface area contributed by atoms with Crippen LogP contribution < -0.4 is 5.48 Å². The third-order valence-corrected chi connectivity index (χ3v) is 2.49. The first-order valence-electron chi connectivity index (χ1n) is 5.38. The van der Waals surface area contributed by atoms with Gasteiger partial charge in [0.15, 0.2) is 11.6 Å². The Hall–Kier alpha value is -1.49. The van der Waals surface area contributed by atoms with Gasteiger partial charge in [0.05, 0.1) is 6.61 Å². The number of benzene rings is 1. The molecule has 1 atom stereocenters. The lowest BCUT2D eigenvalue weighted by molar-refractivity contribution is -0.122. The number of carbonyl (C=O) groups is 1. The van der Waals surface area contributed by atoms with E-state index in [1.165, 1.54) is 13.0 Å². The van der Waals surface area contributed by atoms with E-state index in [-0.39, 0.29) is 24.0 Å². The number of hydrogen-bond donors (Lipinski definition) is 1. The predicted molar refractivity (Wildman–Crippen MR) is 60.4 cm³/mol. The largest absolute Gasteiger partial charge is 0.300 e. The molecule has 0 spiro atoms. The maximum atomic E-state index is 13.2. The molecule has 1 aromatic carbocycles. The van der Waals surface area contributed by atoms with Crippen molar-refractivity contribution in [3.8, 4) is 0 Å². The van der Waals surface area contributed by atoms with Crippen LogP contribution in [0.25, 0.3) is 0 Å². The molecule has 5 heteroatoms. The van der Waals surface area contributed by atoms with Crippen LogP contribution in [0.1, 0.15) is 20.3 Å². The first kappa shape index (κ1) is 13.6. The zero-order chi connectivity index (χ0) is 12.8. The third-order valence-electron chi connectivity index (χ3n) is 2.49. The topological polar surface area (TPSA) is 38.3 Å². The maximum Gasteiger partial charge on any atom is 0.151 e. The number of halogens is 2. The van der Waals surface area contributed by atoms with Crippen molar-refractivity contribution in [2.45, 2.75) is 20.3 Å². The average molecular weight is 243 g/mol. The van der Waals surface area contributed by atoms with E-state index < -0.39 is 11.6 Å². The molecule has 0 aliphatic rings. The highest BCUT2D eigenvalue weighted by atomic mass is 19.1. The summed E-state index contributed by atoms with van der Waals surface area (Å²) in [6.45, 7) is 3.39. The van der Waals surface area contributed by atoms with Crippen LogP contribution in [0.5, 0.6) is 0 Å². The molecule has 17 heavy (non-hydrogen) atoms. The Labute approximate surface area is 98.7 Å². The average Bonchev–Trinajstić information content (AvgIpc) is 2.27. The summed E-state index contributed by atoms with van der Waals surface area (Å²) in [5.74, 6) is -1.75. The van der Waals surface area contributed by atoms with Crippen molar-refractivity contribution in [2.75, 3.05) is 12.1 Å². The van der Waals surface area contributed by atoms with Gasteiger partial charge in [0.2, 0.25) is 0 Å². The van der Waals surface area contributed by atoms with E-state index in [0.717, 1.165) is 12.1 Å². The Balaban J connectivity index is 2.54. The van der Waals surface area contributed by atoms with E-state index in [2.05, 4.69) is 5.48 Å². The van der Waals surface area contributed by atoms with Gasteiger partial charge in [-0.15, -0.1) is 0 Å². The lowest BCUT2D eigenvalue weighted by Gasteiger charge is -2.13. The summed E-state index contributed by atoms with van der Waals surface area (Å²) in [5.41, 5.74) is 1.86. The molecule has 0 saturated carbocycles. The molecule has 0 saturated heterocycles. The number of hydrogen-bond acceptors (Lipinski definition) is 3. The first-order chi connectivity index (χ1) is 8.06. The zero-order valence-corrected chi connectivity index (χ0v) is 9.80. The van der Waals surface area contributed by atoms with Crippen molar-refractivity contribution >= 4 is 11.5 Å². The second-order valence-corrected chi connectivity index (χ2v) is 3.73. The molecule has 1 unspecified atom stereocenters. The van der Waals surface area contributed by atoms with Crippen LogP contribution in [-0.2, 0) is 9.63 Å². The van der Waals surface area contributed by atoms with Crippen molar-refractivity contribution in [1.29, 1.82) is 0 Å². The summed E-state index contributed by atoms with van der Waals surface area (Å²) in [5, 5.41) is 0. The molecular weight excluding hydrogens is 228 g/mol. The Bertz CT molecular complexity index is 376. The minimum Gasteiger partial charge on any atom is -0.300 e. The van der Waals surface area contributed by atoms with Gasteiger partial charge < -0.3 is 0 Å². The van der Waals surface area contributed by atoms with E-state index in [9.17, 15) is 13.6 Å². The van der Waals surface area contributed by atoms with Crippen LogP contribution in [0.15, 0.2) is 18.2 Å².